The Morgan fingerprint density at radius 3 is 2.06 bits per heavy atom. The Morgan fingerprint density at radius 2 is 1.72 bits per heavy atom. The van der Waals surface area contributed by atoms with Gasteiger partial charge in [0.1, 0.15) is 15.4 Å². The minimum absolute atomic E-state index is 0.0478. The van der Waals surface area contributed by atoms with E-state index < -0.39 is 27.4 Å². The molecule has 18 heavy (non-hydrogen) atoms. The molecule has 0 saturated heterocycles. The lowest BCUT2D eigenvalue weighted by Gasteiger charge is -2.28. The molecule has 0 aromatic carbocycles. The van der Waals surface area contributed by atoms with Gasteiger partial charge in [-0.25, -0.2) is 18.0 Å². The second-order valence-corrected chi connectivity index (χ2v) is 6.36. The smallest absolute Gasteiger partial charge is 0.329 e. The third-order valence-corrected chi connectivity index (χ3v) is 3.67. The van der Waals surface area contributed by atoms with E-state index in [1.165, 1.54) is 0 Å². The monoisotopic (exact) mass is 280 g/mol. The number of hydrogen-bond donors (Lipinski definition) is 3. The van der Waals surface area contributed by atoms with Crippen LogP contribution in [0.3, 0.4) is 0 Å². The topological polar surface area (TPSA) is 113 Å². The van der Waals surface area contributed by atoms with Crippen molar-refractivity contribution in [2.45, 2.75) is 32.2 Å². The van der Waals surface area contributed by atoms with Crippen molar-refractivity contribution in [2.24, 2.45) is 0 Å². The van der Waals surface area contributed by atoms with Crippen molar-refractivity contribution < 1.29 is 23.1 Å². The van der Waals surface area contributed by atoms with Gasteiger partial charge in [0.25, 0.3) is 0 Å². The van der Waals surface area contributed by atoms with Crippen molar-refractivity contribution in [3.8, 4) is 0 Å². The number of sulfone groups is 1. The molecule has 3 N–H and O–H groups in total. The van der Waals surface area contributed by atoms with E-state index in [-0.39, 0.29) is 25.1 Å². The molecule has 0 radical (unpaired) electrons. The fourth-order valence-corrected chi connectivity index (χ4v) is 1.87. The molecule has 0 aromatic rings. The van der Waals surface area contributed by atoms with Gasteiger partial charge in [-0.1, -0.05) is 13.8 Å². The summed E-state index contributed by atoms with van der Waals surface area (Å²) >= 11 is 0. The summed E-state index contributed by atoms with van der Waals surface area (Å²) in [5, 5.41) is 13.8. The van der Waals surface area contributed by atoms with E-state index in [0.717, 1.165) is 6.26 Å². The number of carboxylic acid groups (broad SMARTS) is 1. The number of rotatable bonds is 7. The first-order valence-electron chi connectivity index (χ1n) is 5.64. The molecule has 0 saturated carbocycles. The molecule has 0 bridgehead atoms. The summed E-state index contributed by atoms with van der Waals surface area (Å²) in [5.74, 6) is -1.29. The normalized spacial score (nSPS) is 11.9. The van der Waals surface area contributed by atoms with Gasteiger partial charge >= 0.3 is 12.0 Å². The molecule has 0 aliphatic heterocycles. The molecule has 0 fully saturated rings. The van der Waals surface area contributed by atoms with Crippen LogP contribution in [0.1, 0.15) is 26.7 Å². The van der Waals surface area contributed by atoms with Gasteiger partial charge in [-0.2, -0.15) is 0 Å². The number of aliphatic carboxylic acids is 1. The number of carbonyl (C=O) groups is 2. The highest BCUT2D eigenvalue weighted by Gasteiger charge is 2.36. The van der Waals surface area contributed by atoms with E-state index in [1.807, 2.05) is 0 Å². The average Bonchev–Trinajstić information content (AvgIpc) is 2.23. The van der Waals surface area contributed by atoms with Crippen LogP contribution in [-0.4, -0.2) is 49.6 Å². The van der Waals surface area contributed by atoms with E-state index in [1.54, 1.807) is 13.8 Å². The van der Waals surface area contributed by atoms with Gasteiger partial charge in [0.05, 0.1) is 5.75 Å². The van der Waals surface area contributed by atoms with Gasteiger partial charge in [0.15, 0.2) is 0 Å². The van der Waals surface area contributed by atoms with Gasteiger partial charge in [-0.05, 0) is 12.8 Å². The first-order valence-corrected chi connectivity index (χ1v) is 7.70. The van der Waals surface area contributed by atoms with E-state index in [4.69, 9.17) is 5.11 Å². The summed E-state index contributed by atoms with van der Waals surface area (Å²) in [4.78, 5) is 22.6. The molecule has 0 unspecified atom stereocenters. The summed E-state index contributed by atoms with van der Waals surface area (Å²) in [5.41, 5.74) is -1.31. The zero-order valence-corrected chi connectivity index (χ0v) is 11.6. The summed E-state index contributed by atoms with van der Waals surface area (Å²) in [7, 11) is -3.15. The highest BCUT2D eigenvalue weighted by Crippen LogP contribution is 2.14. The Labute approximate surface area is 107 Å². The highest BCUT2D eigenvalue weighted by molar-refractivity contribution is 7.90. The third-order valence-electron chi connectivity index (χ3n) is 2.73. The molecular weight excluding hydrogens is 260 g/mol. The molecular formula is C10H20N2O5S. The van der Waals surface area contributed by atoms with Crippen molar-refractivity contribution in [3.05, 3.63) is 0 Å². The maximum atomic E-state index is 11.5. The van der Waals surface area contributed by atoms with Gasteiger partial charge in [-0.3, -0.25) is 0 Å². The lowest BCUT2D eigenvalue weighted by molar-refractivity contribution is -0.144. The average molecular weight is 280 g/mol. The number of nitrogens with one attached hydrogen (secondary N) is 2. The number of hydrogen-bond acceptors (Lipinski definition) is 4. The fraction of sp³-hybridized carbons (Fsp3) is 0.800. The number of carboxylic acids is 1. The Morgan fingerprint density at radius 1 is 1.22 bits per heavy atom. The van der Waals surface area contributed by atoms with Crippen LogP contribution in [-0.2, 0) is 14.6 Å². The lowest BCUT2D eigenvalue weighted by atomic mass is 9.93. The second kappa shape index (κ2) is 6.58. The van der Waals surface area contributed by atoms with E-state index in [9.17, 15) is 18.0 Å². The van der Waals surface area contributed by atoms with Crippen LogP contribution in [0.15, 0.2) is 0 Å². The Hall–Kier alpha value is -1.31. The first kappa shape index (κ1) is 16.7. The van der Waals surface area contributed by atoms with Crippen molar-refractivity contribution in [2.75, 3.05) is 18.6 Å². The predicted octanol–water partition coefficient (Wildman–Crippen LogP) is -0.0264. The molecule has 7 nitrogen and oxygen atoms in total. The number of urea groups is 1. The SMILES string of the molecule is CCC(CC)(NC(=O)NCCS(C)(=O)=O)C(=O)O. The maximum absolute atomic E-state index is 11.5. The molecule has 2 amide bonds. The van der Waals surface area contributed by atoms with Crippen molar-refractivity contribution in [1.29, 1.82) is 0 Å². The Kier molecular flexibility index (Phi) is 6.10. The first-order chi connectivity index (χ1) is 8.17. The molecule has 0 spiro atoms. The van der Waals surface area contributed by atoms with Crippen molar-refractivity contribution in [1.82, 2.24) is 10.6 Å². The van der Waals surface area contributed by atoms with Gasteiger partial charge in [0, 0.05) is 12.8 Å². The van der Waals surface area contributed by atoms with Gasteiger partial charge < -0.3 is 15.7 Å². The standard InChI is InChI=1S/C10H20N2O5S/c1-4-10(5-2,8(13)14)12-9(15)11-6-7-18(3,16)17/h4-7H2,1-3H3,(H,13,14)(H2,11,12,15). The lowest BCUT2D eigenvalue weighted by Crippen LogP contribution is -2.56. The van der Waals surface area contributed by atoms with Crippen molar-refractivity contribution >= 4 is 21.8 Å². The minimum atomic E-state index is -3.15. The summed E-state index contributed by atoms with van der Waals surface area (Å²) in [6, 6.07) is -0.676. The molecule has 0 rings (SSSR count). The molecule has 0 aromatic heterocycles. The predicted molar refractivity (Wildman–Crippen MR) is 67.2 cm³/mol. The highest BCUT2D eigenvalue weighted by atomic mass is 32.2. The van der Waals surface area contributed by atoms with Crippen LogP contribution in [0.25, 0.3) is 0 Å². The molecule has 0 atom stereocenters. The Bertz CT molecular complexity index is 400. The van der Waals surface area contributed by atoms with E-state index in [0.29, 0.717) is 0 Å². The molecule has 106 valence electrons. The molecule has 0 aliphatic carbocycles. The van der Waals surface area contributed by atoms with E-state index in [2.05, 4.69) is 10.6 Å². The van der Waals surface area contributed by atoms with Crippen LogP contribution in [0.4, 0.5) is 4.79 Å². The fourth-order valence-electron chi connectivity index (χ4n) is 1.39. The largest absolute Gasteiger partial charge is 0.480 e. The Balaban J connectivity index is 4.41. The van der Waals surface area contributed by atoms with Gasteiger partial charge in [0.2, 0.25) is 0 Å². The zero-order valence-electron chi connectivity index (χ0n) is 10.8. The zero-order chi connectivity index (χ0) is 14.4. The second-order valence-electron chi connectivity index (χ2n) is 4.11. The molecule has 0 aliphatic rings. The number of amides is 2. The van der Waals surface area contributed by atoms with Crippen LogP contribution >= 0.6 is 0 Å². The van der Waals surface area contributed by atoms with Crippen LogP contribution in [0.2, 0.25) is 0 Å². The minimum Gasteiger partial charge on any atom is -0.480 e. The summed E-state index contributed by atoms with van der Waals surface area (Å²) in [6.45, 7) is 3.27. The van der Waals surface area contributed by atoms with E-state index >= 15 is 0 Å². The van der Waals surface area contributed by atoms with Crippen LogP contribution in [0, 0.1) is 0 Å². The number of carbonyl (C=O) groups excluding carboxylic acids is 1. The van der Waals surface area contributed by atoms with Crippen molar-refractivity contribution in [3.63, 3.8) is 0 Å². The summed E-state index contributed by atoms with van der Waals surface area (Å²) < 4.78 is 21.7. The van der Waals surface area contributed by atoms with Crippen LogP contribution < -0.4 is 10.6 Å². The molecule has 0 heterocycles. The quantitative estimate of drug-likeness (QED) is 0.606. The van der Waals surface area contributed by atoms with Gasteiger partial charge in [-0.15, -0.1) is 0 Å². The molecule has 8 heteroatoms. The van der Waals surface area contributed by atoms with Crippen LogP contribution in [0.5, 0.6) is 0 Å². The third kappa shape index (κ3) is 5.35. The maximum Gasteiger partial charge on any atom is 0.329 e. The summed E-state index contributed by atoms with van der Waals surface area (Å²) in [6.07, 6.45) is 1.56.